The summed E-state index contributed by atoms with van der Waals surface area (Å²) >= 11 is 0. The molecule has 3 aromatic carbocycles. The zero-order valence-electron chi connectivity index (χ0n) is 15.5. The van der Waals surface area contributed by atoms with Crippen molar-refractivity contribution in [1.29, 1.82) is 5.26 Å². The molecule has 0 aromatic heterocycles. The lowest BCUT2D eigenvalue weighted by Crippen LogP contribution is -2.35. The van der Waals surface area contributed by atoms with Crippen LogP contribution in [0.2, 0.25) is 0 Å². The second-order valence-electron chi connectivity index (χ2n) is 7.21. The van der Waals surface area contributed by atoms with E-state index >= 15 is 0 Å². The van der Waals surface area contributed by atoms with Crippen molar-refractivity contribution in [3.63, 3.8) is 0 Å². The van der Waals surface area contributed by atoms with Gasteiger partial charge in [-0.15, -0.1) is 0 Å². The molecule has 0 saturated carbocycles. The van der Waals surface area contributed by atoms with E-state index in [1.54, 1.807) is 0 Å². The SMILES string of the molecule is CN1N=C2c3ccccc3OC(c3ccccc3)C2C1c1cccc(C#N)c1. The van der Waals surface area contributed by atoms with Gasteiger partial charge in [0.1, 0.15) is 11.9 Å². The quantitative estimate of drug-likeness (QED) is 0.661. The van der Waals surface area contributed by atoms with E-state index < -0.39 is 0 Å². The average Bonchev–Trinajstić information content (AvgIpc) is 3.11. The molecule has 0 spiro atoms. The molecule has 2 aliphatic heterocycles. The lowest BCUT2D eigenvalue weighted by molar-refractivity contribution is 0.113. The van der Waals surface area contributed by atoms with Crippen molar-refractivity contribution in [3.05, 3.63) is 101 Å². The Morgan fingerprint density at radius 1 is 0.929 bits per heavy atom. The van der Waals surface area contributed by atoms with Crippen molar-refractivity contribution < 1.29 is 4.74 Å². The second-order valence-corrected chi connectivity index (χ2v) is 7.21. The first-order valence-corrected chi connectivity index (χ1v) is 9.38. The van der Waals surface area contributed by atoms with Gasteiger partial charge in [0.2, 0.25) is 0 Å². The molecule has 5 rings (SSSR count). The number of para-hydroxylation sites is 1. The van der Waals surface area contributed by atoms with Gasteiger partial charge in [0, 0.05) is 12.6 Å². The molecule has 3 atom stereocenters. The van der Waals surface area contributed by atoms with Gasteiger partial charge in [0.05, 0.1) is 29.3 Å². The Morgan fingerprint density at radius 3 is 2.50 bits per heavy atom. The van der Waals surface area contributed by atoms with E-state index in [-0.39, 0.29) is 18.1 Å². The molecule has 0 saturated heterocycles. The first-order chi connectivity index (χ1) is 13.8. The van der Waals surface area contributed by atoms with Crippen LogP contribution < -0.4 is 4.74 Å². The molecule has 3 unspecified atom stereocenters. The van der Waals surface area contributed by atoms with Gasteiger partial charge in [-0.2, -0.15) is 10.4 Å². The van der Waals surface area contributed by atoms with Gasteiger partial charge in [0.15, 0.2) is 0 Å². The van der Waals surface area contributed by atoms with E-state index in [4.69, 9.17) is 9.84 Å². The molecular weight excluding hydrogens is 346 g/mol. The van der Waals surface area contributed by atoms with Gasteiger partial charge in [0.25, 0.3) is 0 Å². The Bertz CT molecular complexity index is 1100. The fraction of sp³-hybridized carbons (Fsp3) is 0.167. The zero-order valence-corrected chi connectivity index (χ0v) is 15.5. The Morgan fingerprint density at radius 2 is 1.68 bits per heavy atom. The maximum Gasteiger partial charge on any atom is 0.135 e. The van der Waals surface area contributed by atoms with Crippen LogP contribution in [0.1, 0.15) is 34.4 Å². The van der Waals surface area contributed by atoms with Gasteiger partial charge >= 0.3 is 0 Å². The molecule has 28 heavy (non-hydrogen) atoms. The monoisotopic (exact) mass is 365 g/mol. The van der Waals surface area contributed by atoms with Crippen LogP contribution in [0.4, 0.5) is 0 Å². The second kappa shape index (κ2) is 6.54. The number of ether oxygens (including phenoxy) is 1. The highest BCUT2D eigenvalue weighted by atomic mass is 16.5. The summed E-state index contributed by atoms with van der Waals surface area (Å²) in [6, 6.07) is 28.5. The lowest BCUT2D eigenvalue weighted by Gasteiger charge is -2.36. The zero-order chi connectivity index (χ0) is 19.1. The van der Waals surface area contributed by atoms with Crippen LogP contribution in [0.25, 0.3) is 0 Å². The van der Waals surface area contributed by atoms with E-state index in [9.17, 15) is 5.26 Å². The summed E-state index contributed by atoms with van der Waals surface area (Å²) in [5, 5.41) is 16.3. The molecule has 0 bridgehead atoms. The third kappa shape index (κ3) is 2.56. The molecule has 0 amide bonds. The molecule has 0 aliphatic carbocycles. The summed E-state index contributed by atoms with van der Waals surface area (Å²) in [4.78, 5) is 0. The largest absolute Gasteiger partial charge is 0.484 e. The number of hydrogen-bond acceptors (Lipinski definition) is 4. The Hall–Kier alpha value is -3.58. The van der Waals surface area contributed by atoms with Crippen molar-refractivity contribution in [2.45, 2.75) is 12.1 Å². The predicted molar refractivity (Wildman–Crippen MR) is 108 cm³/mol. The lowest BCUT2D eigenvalue weighted by atomic mass is 9.78. The van der Waals surface area contributed by atoms with E-state index in [0.717, 1.165) is 28.2 Å². The number of nitrogens with zero attached hydrogens (tertiary/aromatic N) is 3. The number of nitriles is 1. The van der Waals surface area contributed by atoms with Crippen molar-refractivity contribution in [2.75, 3.05) is 7.05 Å². The topological polar surface area (TPSA) is 48.6 Å². The molecular formula is C24H19N3O. The van der Waals surface area contributed by atoms with Crippen LogP contribution in [-0.4, -0.2) is 17.8 Å². The minimum Gasteiger partial charge on any atom is -0.484 e. The Kier molecular flexibility index (Phi) is 3.87. The van der Waals surface area contributed by atoms with Crippen LogP contribution >= 0.6 is 0 Å². The molecule has 2 aliphatic rings. The van der Waals surface area contributed by atoms with Crippen LogP contribution in [-0.2, 0) is 0 Å². The van der Waals surface area contributed by atoms with Crippen molar-refractivity contribution in [2.24, 2.45) is 11.0 Å². The molecule has 0 radical (unpaired) electrons. The standard InChI is InChI=1S/C24H19N3O/c1-27-23(18-11-7-8-16(14-18)15-25)21-22(26-27)19-12-5-6-13-20(19)28-24(21)17-9-3-2-4-10-17/h2-14,21,23-24H,1H3. The van der Waals surface area contributed by atoms with Gasteiger partial charge in [-0.05, 0) is 35.4 Å². The highest BCUT2D eigenvalue weighted by molar-refractivity contribution is 6.07. The van der Waals surface area contributed by atoms with E-state index in [2.05, 4.69) is 30.3 Å². The van der Waals surface area contributed by atoms with E-state index in [1.807, 2.05) is 66.7 Å². The third-order valence-electron chi connectivity index (χ3n) is 5.55. The van der Waals surface area contributed by atoms with Crippen molar-refractivity contribution >= 4 is 5.71 Å². The summed E-state index contributed by atoms with van der Waals surface area (Å²) in [6.45, 7) is 0. The molecule has 4 nitrogen and oxygen atoms in total. The maximum absolute atomic E-state index is 9.35. The highest BCUT2D eigenvalue weighted by Gasteiger charge is 2.47. The molecule has 0 N–H and O–H groups in total. The van der Waals surface area contributed by atoms with E-state index in [1.165, 1.54) is 0 Å². The Balaban J connectivity index is 1.67. The van der Waals surface area contributed by atoms with Crippen molar-refractivity contribution in [3.8, 4) is 11.8 Å². The molecule has 4 heteroatoms. The molecule has 3 aromatic rings. The fourth-order valence-corrected chi connectivity index (χ4v) is 4.35. The number of rotatable bonds is 2. The van der Waals surface area contributed by atoms with Crippen LogP contribution in [0.5, 0.6) is 5.75 Å². The third-order valence-corrected chi connectivity index (χ3v) is 5.55. The minimum atomic E-state index is -0.143. The van der Waals surface area contributed by atoms with Crippen molar-refractivity contribution in [1.82, 2.24) is 5.01 Å². The Labute approximate surface area is 164 Å². The molecule has 0 fully saturated rings. The molecule has 136 valence electrons. The summed E-state index contributed by atoms with van der Waals surface area (Å²) in [7, 11) is 2.00. The van der Waals surface area contributed by atoms with E-state index in [0.29, 0.717) is 5.56 Å². The van der Waals surface area contributed by atoms with Crippen LogP contribution in [0.3, 0.4) is 0 Å². The smallest absolute Gasteiger partial charge is 0.135 e. The predicted octanol–water partition coefficient (Wildman–Crippen LogP) is 4.70. The summed E-state index contributed by atoms with van der Waals surface area (Å²) in [5.74, 6) is 0.905. The minimum absolute atomic E-state index is 0.00172. The first-order valence-electron chi connectivity index (χ1n) is 9.38. The highest BCUT2D eigenvalue weighted by Crippen LogP contribution is 2.49. The summed E-state index contributed by atoms with van der Waals surface area (Å²) in [5.41, 5.74) is 4.96. The van der Waals surface area contributed by atoms with Gasteiger partial charge in [-0.3, -0.25) is 5.01 Å². The fourth-order valence-electron chi connectivity index (χ4n) is 4.35. The van der Waals surface area contributed by atoms with Crippen LogP contribution in [0, 0.1) is 17.2 Å². The number of benzene rings is 3. The van der Waals surface area contributed by atoms with Gasteiger partial charge in [-0.1, -0.05) is 54.6 Å². The first kappa shape index (κ1) is 16.6. The number of fused-ring (bicyclic) bond motifs is 3. The normalized spacial score (nSPS) is 22.5. The van der Waals surface area contributed by atoms with Gasteiger partial charge < -0.3 is 4.74 Å². The average molecular weight is 365 g/mol. The molecule has 2 heterocycles. The van der Waals surface area contributed by atoms with Gasteiger partial charge in [-0.25, -0.2) is 0 Å². The number of hydrazone groups is 1. The summed E-state index contributed by atoms with van der Waals surface area (Å²) in [6.07, 6.45) is -0.143. The maximum atomic E-state index is 9.35. The van der Waals surface area contributed by atoms with Crippen LogP contribution in [0.15, 0.2) is 84.0 Å². The summed E-state index contributed by atoms with van der Waals surface area (Å²) < 4.78 is 6.52. The number of hydrogen-bond donors (Lipinski definition) is 0.